The number of hydrogen-bond acceptors (Lipinski definition) is 8. The van der Waals surface area contributed by atoms with E-state index in [-0.39, 0.29) is 30.5 Å². The van der Waals surface area contributed by atoms with Crippen LogP contribution < -0.4 is 32.6 Å². The van der Waals surface area contributed by atoms with Crippen LogP contribution in [-0.2, 0) is 30.4 Å². The molecule has 45 heavy (non-hydrogen) atoms. The lowest BCUT2D eigenvalue weighted by molar-refractivity contribution is -0.139. The third-order valence-electron chi connectivity index (χ3n) is 7.26. The minimum atomic E-state index is -1.23. The second-order valence-corrected chi connectivity index (χ2v) is 10.8. The largest absolute Gasteiger partial charge is 0.481 e. The van der Waals surface area contributed by atoms with Crippen molar-refractivity contribution >= 4 is 46.3 Å². The maximum Gasteiger partial charge on any atom is 0.336 e. The first-order chi connectivity index (χ1) is 21.4. The van der Waals surface area contributed by atoms with E-state index in [0.717, 1.165) is 0 Å². The normalized spacial score (nSPS) is 13.0. The zero-order chi connectivity index (χ0) is 33.1. The lowest BCUT2D eigenvalue weighted by atomic mass is 10.00. The third kappa shape index (κ3) is 9.73. The van der Waals surface area contributed by atoms with Crippen LogP contribution in [0.15, 0.2) is 63.8 Å². The van der Waals surface area contributed by atoms with Gasteiger partial charge in [0.15, 0.2) is 0 Å². The summed E-state index contributed by atoms with van der Waals surface area (Å²) < 4.78 is 5.40. The number of primary amides is 1. The van der Waals surface area contributed by atoms with E-state index in [1.54, 1.807) is 49.4 Å². The molecule has 0 fully saturated rings. The molecule has 0 radical (unpaired) electrons. The van der Waals surface area contributed by atoms with E-state index >= 15 is 0 Å². The van der Waals surface area contributed by atoms with Gasteiger partial charge in [-0.25, -0.2) is 4.79 Å². The fourth-order valence-corrected chi connectivity index (χ4v) is 4.92. The number of aryl methyl sites for hydroxylation is 1. The summed E-state index contributed by atoms with van der Waals surface area (Å²) in [5.41, 5.74) is 12.7. The number of nitrogens with two attached hydrogens (primary N) is 2. The Kier molecular flexibility index (Phi) is 12.4. The van der Waals surface area contributed by atoms with Crippen LogP contribution in [0.3, 0.4) is 0 Å². The highest BCUT2D eigenvalue weighted by Crippen LogP contribution is 2.27. The number of amides is 4. The smallest absolute Gasteiger partial charge is 0.336 e. The van der Waals surface area contributed by atoms with Crippen molar-refractivity contribution in [2.75, 3.05) is 11.4 Å². The molecule has 1 heterocycles. The zero-order valence-corrected chi connectivity index (χ0v) is 25.3. The van der Waals surface area contributed by atoms with Gasteiger partial charge in [0, 0.05) is 36.0 Å². The molecule has 0 saturated carbocycles. The van der Waals surface area contributed by atoms with Gasteiger partial charge in [0.25, 0.3) is 5.91 Å². The van der Waals surface area contributed by atoms with Crippen molar-refractivity contribution in [3.05, 3.63) is 76.1 Å². The van der Waals surface area contributed by atoms with Crippen molar-refractivity contribution in [2.45, 2.75) is 70.5 Å². The van der Waals surface area contributed by atoms with Crippen molar-refractivity contribution in [1.82, 2.24) is 10.6 Å². The molecule has 0 spiro atoms. The van der Waals surface area contributed by atoms with Crippen LogP contribution in [0.1, 0.15) is 50.2 Å². The number of hydrogen-bond donors (Lipinski definition) is 5. The quantitative estimate of drug-likeness (QED) is 0.116. The molecular formula is C32H39N5O8. The van der Waals surface area contributed by atoms with E-state index in [2.05, 4.69) is 10.6 Å². The van der Waals surface area contributed by atoms with Crippen LogP contribution in [0.25, 0.3) is 11.0 Å². The molecule has 4 amide bonds. The molecule has 1 aromatic heterocycles. The predicted molar refractivity (Wildman–Crippen MR) is 167 cm³/mol. The molecule has 0 bridgehead atoms. The molecule has 0 aliphatic rings. The number of nitrogens with one attached hydrogen (secondary N) is 2. The van der Waals surface area contributed by atoms with Gasteiger partial charge < -0.3 is 31.6 Å². The summed E-state index contributed by atoms with van der Waals surface area (Å²) in [5.74, 6) is -3.95. The van der Waals surface area contributed by atoms with Crippen LogP contribution in [0.5, 0.6) is 0 Å². The molecule has 3 atom stereocenters. The van der Waals surface area contributed by atoms with Gasteiger partial charge in [-0.05, 0) is 62.9 Å². The summed E-state index contributed by atoms with van der Waals surface area (Å²) >= 11 is 0. The number of carbonyl (C=O) groups excluding carboxylic acids is 4. The number of benzene rings is 2. The summed E-state index contributed by atoms with van der Waals surface area (Å²) in [5, 5.41) is 14.6. The molecule has 13 heteroatoms. The van der Waals surface area contributed by atoms with Crippen molar-refractivity contribution in [1.29, 1.82) is 0 Å². The standard InChI is InChI=1S/C32H39N5O8/c1-19-16-29(41)45-26-18-22(11-12-23(19)26)37(25(30(34)42)10-6-7-15-33)32(44)24(17-21-8-4-3-5-9-21)36-31(43)20(2)35-27(38)13-14-28(39)40/h3-5,8-9,11-12,16,18,20,24-25H,6-7,10,13-15,17,33H2,1-2H3,(H2,34,42)(H,35,38)(H,36,43)(H,39,40)/t20-,24-,25-/m0/s1. The fraction of sp³-hybridized carbons (Fsp3) is 0.375. The number of carbonyl (C=O) groups is 5. The summed E-state index contributed by atoms with van der Waals surface area (Å²) in [4.78, 5) is 77.0. The van der Waals surface area contributed by atoms with Crippen LogP contribution >= 0.6 is 0 Å². The minimum Gasteiger partial charge on any atom is -0.481 e. The summed E-state index contributed by atoms with van der Waals surface area (Å²) in [7, 11) is 0. The first kappa shape index (κ1) is 34.5. The highest BCUT2D eigenvalue weighted by Gasteiger charge is 2.35. The van der Waals surface area contributed by atoms with Crippen molar-refractivity contribution in [2.24, 2.45) is 11.5 Å². The lowest BCUT2D eigenvalue weighted by Crippen LogP contribution is -2.58. The monoisotopic (exact) mass is 621 g/mol. The molecule has 7 N–H and O–H groups in total. The number of unbranched alkanes of at least 4 members (excludes halogenated alkanes) is 1. The SMILES string of the molecule is Cc1cc(=O)oc2cc(N(C(=O)[C@H](Cc3ccccc3)NC(=O)[C@H](C)NC(=O)CCC(=O)O)[C@@H](CCCCN)C(N)=O)ccc12. The number of anilines is 1. The van der Waals surface area contributed by atoms with E-state index < -0.39 is 59.8 Å². The maximum atomic E-state index is 14.5. The minimum absolute atomic E-state index is 0.0254. The molecule has 0 saturated heterocycles. The second-order valence-electron chi connectivity index (χ2n) is 10.8. The van der Waals surface area contributed by atoms with Crippen LogP contribution in [0, 0.1) is 6.92 Å². The molecule has 0 aliphatic heterocycles. The molecule has 13 nitrogen and oxygen atoms in total. The van der Waals surface area contributed by atoms with Crippen molar-refractivity contribution < 1.29 is 33.5 Å². The van der Waals surface area contributed by atoms with Gasteiger partial charge in [-0.2, -0.15) is 0 Å². The lowest BCUT2D eigenvalue weighted by Gasteiger charge is -2.34. The molecule has 240 valence electrons. The number of nitrogens with zero attached hydrogens (tertiary/aromatic N) is 1. The molecule has 2 aromatic carbocycles. The van der Waals surface area contributed by atoms with E-state index in [1.807, 2.05) is 0 Å². The first-order valence-electron chi connectivity index (χ1n) is 14.6. The van der Waals surface area contributed by atoms with Crippen LogP contribution in [0.2, 0.25) is 0 Å². The summed E-state index contributed by atoms with van der Waals surface area (Å²) in [6.07, 6.45) is 0.515. The maximum absolute atomic E-state index is 14.5. The Balaban J connectivity index is 2.05. The number of fused-ring (bicyclic) bond motifs is 1. The summed E-state index contributed by atoms with van der Waals surface area (Å²) in [6, 6.07) is 11.5. The highest BCUT2D eigenvalue weighted by molar-refractivity contribution is 6.05. The fourth-order valence-electron chi connectivity index (χ4n) is 4.92. The summed E-state index contributed by atoms with van der Waals surface area (Å²) in [6.45, 7) is 3.51. The number of carboxylic acids is 1. The van der Waals surface area contributed by atoms with Gasteiger partial charge in [0.1, 0.15) is 23.7 Å². The highest BCUT2D eigenvalue weighted by atomic mass is 16.4. The van der Waals surface area contributed by atoms with E-state index in [1.165, 1.54) is 24.0 Å². The van der Waals surface area contributed by atoms with Gasteiger partial charge in [0.2, 0.25) is 17.7 Å². The molecule has 3 aromatic rings. The van der Waals surface area contributed by atoms with Gasteiger partial charge >= 0.3 is 11.6 Å². The topological polar surface area (TPSA) is 215 Å². The van der Waals surface area contributed by atoms with Crippen molar-refractivity contribution in [3.8, 4) is 0 Å². The van der Waals surface area contributed by atoms with Crippen LogP contribution in [0.4, 0.5) is 5.69 Å². The second kappa shape index (κ2) is 16.1. The van der Waals surface area contributed by atoms with E-state index in [0.29, 0.717) is 35.9 Å². The van der Waals surface area contributed by atoms with Gasteiger partial charge in [-0.15, -0.1) is 0 Å². The molecule has 3 rings (SSSR count). The number of aliphatic carboxylic acids is 1. The number of carboxylic acid groups (broad SMARTS) is 1. The molecular weight excluding hydrogens is 582 g/mol. The average Bonchev–Trinajstić information content (AvgIpc) is 2.99. The van der Waals surface area contributed by atoms with Gasteiger partial charge in [0.05, 0.1) is 6.42 Å². The Hall–Kier alpha value is -5.04. The zero-order valence-electron chi connectivity index (χ0n) is 25.3. The Labute approximate surface area is 259 Å². The van der Waals surface area contributed by atoms with Gasteiger partial charge in [-0.1, -0.05) is 30.3 Å². The number of rotatable bonds is 16. The predicted octanol–water partition coefficient (Wildman–Crippen LogP) is 1.51. The Morgan fingerprint density at radius 2 is 1.69 bits per heavy atom. The Bertz CT molecular complexity index is 1590. The van der Waals surface area contributed by atoms with Crippen LogP contribution in [-0.4, -0.2) is 59.4 Å². The molecule has 0 unspecified atom stereocenters. The average molecular weight is 622 g/mol. The Morgan fingerprint density at radius 1 is 0.978 bits per heavy atom. The van der Waals surface area contributed by atoms with E-state index in [9.17, 15) is 28.8 Å². The van der Waals surface area contributed by atoms with E-state index in [4.69, 9.17) is 21.0 Å². The first-order valence-corrected chi connectivity index (χ1v) is 14.6. The molecule has 0 aliphatic carbocycles. The Morgan fingerprint density at radius 3 is 2.33 bits per heavy atom. The van der Waals surface area contributed by atoms with Gasteiger partial charge in [-0.3, -0.25) is 28.9 Å². The van der Waals surface area contributed by atoms with Crippen molar-refractivity contribution in [3.63, 3.8) is 0 Å². The third-order valence-corrected chi connectivity index (χ3v) is 7.26.